The van der Waals surface area contributed by atoms with Crippen LogP contribution in [0.4, 0.5) is 0 Å². The molecule has 0 amide bonds. The van der Waals surface area contributed by atoms with E-state index in [0.29, 0.717) is 12.6 Å². The van der Waals surface area contributed by atoms with Gasteiger partial charge in [0.05, 0.1) is 5.60 Å². The van der Waals surface area contributed by atoms with Crippen molar-refractivity contribution in [1.29, 1.82) is 0 Å². The summed E-state index contributed by atoms with van der Waals surface area (Å²) in [5.74, 6) is 0. The van der Waals surface area contributed by atoms with Gasteiger partial charge in [0.15, 0.2) is 0 Å². The third-order valence-corrected chi connectivity index (χ3v) is 3.47. The molecule has 88 valence electrons. The third kappa shape index (κ3) is 2.91. The lowest BCUT2D eigenvalue weighted by molar-refractivity contribution is -0.140. The molecule has 1 spiro atoms. The van der Waals surface area contributed by atoms with Crippen LogP contribution in [-0.2, 0) is 9.47 Å². The van der Waals surface area contributed by atoms with Gasteiger partial charge >= 0.3 is 0 Å². The summed E-state index contributed by atoms with van der Waals surface area (Å²) in [5.41, 5.74) is 5.60. The maximum absolute atomic E-state index is 5.97. The minimum absolute atomic E-state index is 0.1000. The molecule has 0 radical (unpaired) electrons. The Morgan fingerprint density at radius 1 is 1.27 bits per heavy atom. The Bertz CT molecular complexity index is 188. The van der Waals surface area contributed by atoms with E-state index in [1.807, 2.05) is 0 Å². The maximum Gasteiger partial charge on any atom is 0.0741 e. The molecule has 0 bridgehead atoms. The Kier molecular flexibility index (Phi) is 3.97. The SMILES string of the molecule is NCCNC1CCOC2(CCOCC2)C1. The highest BCUT2D eigenvalue weighted by Crippen LogP contribution is 2.34. The first-order valence-corrected chi connectivity index (χ1v) is 6.00. The van der Waals surface area contributed by atoms with Gasteiger partial charge in [0.1, 0.15) is 0 Å². The molecule has 2 fully saturated rings. The van der Waals surface area contributed by atoms with Crippen molar-refractivity contribution in [3.63, 3.8) is 0 Å². The van der Waals surface area contributed by atoms with Gasteiger partial charge in [0.25, 0.3) is 0 Å². The van der Waals surface area contributed by atoms with Gasteiger partial charge < -0.3 is 20.5 Å². The third-order valence-electron chi connectivity index (χ3n) is 3.47. The molecule has 4 heteroatoms. The molecular formula is C11H22N2O2. The second-order valence-corrected chi connectivity index (χ2v) is 4.58. The molecule has 15 heavy (non-hydrogen) atoms. The lowest BCUT2D eigenvalue weighted by Gasteiger charge is -2.43. The quantitative estimate of drug-likeness (QED) is 0.708. The largest absolute Gasteiger partial charge is 0.381 e. The summed E-state index contributed by atoms with van der Waals surface area (Å²) in [4.78, 5) is 0. The van der Waals surface area contributed by atoms with Crippen molar-refractivity contribution >= 4 is 0 Å². The fourth-order valence-corrected chi connectivity index (χ4v) is 2.58. The van der Waals surface area contributed by atoms with Crippen molar-refractivity contribution in [2.75, 3.05) is 32.9 Å². The minimum atomic E-state index is 0.1000. The van der Waals surface area contributed by atoms with Crippen LogP contribution in [0.5, 0.6) is 0 Å². The molecule has 3 N–H and O–H groups in total. The zero-order valence-electron chi connectivity index (χ0n) is 9.34. The van der Waals surface area contributed by atoms with Crippen LogP contribution < -0.4 is 11.1 Å². The highest BCUT2D eigenvalue weighted by Gasteiger charge is 2.38. The Labute approximate surface area is 91.5 Å². The topological polar surface area (TPSA) is 56.5 Å². The van der Waals surface area contributed by atoms with Crippen LogP contribution in [0, 0.1) is 0 Å². The van der Waals surface area contributed by atoms with Crippen molar-refractivity contribution in [2.45, 2.75) is 37.3 Å². The Hall–Kier alpha value is -0.160. The summed E-state index contributed by atoms with van der Waals surface area (Å²) in [6.07, 6.45) is 4.33. The van der Waals surface area contributed by atoms with Gasteiger partial charge in [-0.2, -0.15) is 0 Å². The van der Waals surface area contributed by atoms with Crippen LogP contribution in [0.1, 0.15) is 25.7 Å². The zero-order chi connectivity index (χ0) is 10.6. The van der Waals surface area contributed by atoms with E-state index in [9.17, 15) is 0 Å². The number of nitrogens with one attached hydrogen (secondary N) is 1. The van der Waals surface area contributed by atoms with E-state index in [4.69, 9.17) is 15.2 Å². The summed E-state index contributed by atoms with van der Waals surface area (Å²) in [6, 6.07) is 0.584. The van der Waals surface area contributed by atoms with Crippen LogP contribution in [0.15, 0.2) is 0 Å². The highest BCUT2D eigenvalue weighted by atomic mass is 16.5. The first kappa shape index (κ1) is 11.3. The van der Waals surface area contributed by atoms with E-state index in [1.165, 1.54) is 0 Å². The second kappa shape index (κ2) is 5.25. The van der Waals surface area contributed by atoms with Crippen LogP contribution >= 0.6 is 0 Å². The van der Waals surface area contributed by atoms with Crippen LogP contribution in [0.2, 0.25) is 0 Å². The van der Waals surface area contributed by atoms with Crippen LogP contribution in [0.3, 0.4) is 0 Å². The lowest BCUT2D eigenvalue weighted by Crippen LogP contribution is -2.50. The fourth-order valence-electron chi connectivity index (χ4n) is 2.58. The molecule has 2 heterocycles. The van der Waals surface area contributed by atoms with Crippen LogP contribution in [-0.4, -0.2) is 44.6 Å². The van der Waals surface area contributed by atoms with E-state index in [-0.39, 0.29) is 5.60 Å². The molecule has 1 atom stereocenters. The number of hydrogen-bond donors (Lipinski definition) is 2. The maximum atomic E-state index is 5.97. The molecule has 2 saturated heterocycles. The van der Waals surface area contributed by atoms with Gasteiger partial charge in [-0.25, -0.2) is 0 Å². The molecule has 1 unspecified atom stereocenters. The number of ether oxygens (including phenoxy) is 2. The van der Waals surface area contributed by atoms with Crippen molar-refractivity contribution < 1.29 is 9.47 Å². The first-order chi connectivity index (χ1) is 7.35. The monoisotopic (exact) mass is 214 g/mol. The predicted octanol–water partition coefficient (Wildman–Crippen LogP) is 0.263. The molecule has 4 nitrogen and oxygen atoms in total. The standard InChI is InChI=1S/C11H22N2O2/c12-4-5-13-10-1-6-15-11(9-10)2-7-14-8-3-11/h10,13H,1-9,12H2. The van der Waals surface area contributed by atoms with E-state index in [1.54, 1.807) is 0 Å². The molecule has 2 aliphatic heterocycles. The molecule has 0 aromatic carbocycles. The van der Waals surface area contributed by atoms with Crippen LogP contribution in [0.25, 0.3) is 0 Å². The Morgan fingerprint density at radius 3 is 2.80 bits per heavy atom. The molecule has 2 aliphatic rings. The highest BCUT2D eigenvalue weighted by molar-refractivity contribution is 4.91. The van der Waals surface area contributed by atoms with Crippen molar-refractivity contribution in [1.82, 2.24) is 5.32 Å². The molecule has 0 saturated carbocycles. The average molecular weight is 214 g/mol. The molecule has 0 aliphatic carbocycles. The molecule has 0 aromatic heterocycles. The van der Waals surface area contributed by atoms with Gasteiger partial charge in [0.2, 0.25) is 0 Å². The Morgan fingerprint density at radius 2 is 2.07 bits per heavy atom. The van der Waals surface area contributed by atoms with Gasteiger partial charge in [-0.05, 0) is 25.7 Å². The van der Waals surface area contributed by atoms with E-state index >= 15 is 0 Å². The predicted molar refractivity (Wildman–Crippen MR) is 58.8 cm³/mol. The Balaban J connectivity index is 1.85. The van der Waals surface area contributed by atoms with E-state index in [2.05, 4.69) is 5.32 Å². The molecule has 2 rings (SSSR count). The summed E-state index contributed by atoms with van der Waals surface area (Å²) in [7, 11) is 0. The van der Waals surface area contributed by atoms with Crippen molar-refractivity contribution in [2.24, 2.45) is 5.73 Å². The average Bonchev–Trinajstić information content (AvgIpc) is 2.28. The number of nitrogens with two attached hydrogens (primary N) is 1. The normalized spacial score (nSPS) is 30.6. The smallest absolute Gasteiger partial charge is 0.0741 e. The fraction of sp³-hybridized carbons (Fsp3) is 1.00. The van der Waals surface area contributed by atoms with Gasteiger partial charge in [-0.3, -0.25) is 0 Å². The zero-order valence-corrected chi connectivity index (χ0v) is 9.34. The van der Waals surface area contributed by atoms with E-state index < -0.39 is 0 Å². The van der Waals surface area contributed by atoms with Gasteiger partial charge in [0, 0.05) is 39.0 Å². The van der Waals surface area contributed by atoms with Crippen molar-refractivity contribution in [3.05, 3.63) is 0 Å². The van der Waals surface area contributed by atoms with Crippen molar-refractivity contribution in [3.8, 4) is 0 Å². The van der Waals surface area contributed by atoms with E-state index in [0.717, 1.165) is 52.0 Å². The van der Waals surface area contributed by atoms with Gasteiger partial charge in [-0.15, -0.1) is 0 Å². The number of rotatable bonds is 3. The minimum Gasteiger partial charge on any atom is -0.381 e. The van der Waals surface area contributed by atoms with Gasteiger partial charge in [-0.1, -0.05) is 0 Å². The number of hydrogen-bond acceptors (Lipinski definition) is 4. The summed E-state index contributed by atoms with van der Waals surface area (Å²) < 4.78 is 11.4. The molecular weight excluding hydrogens is 192 g/mol. The first-order valence-electron chi connectivity index (χ1n) is 6.00. The second-order valence-electron chi connectivity index (χ2n) is 4.58. The summed E-state index contributed by atoms with van der Waals surface area (Å²) in [6.45, 7) is 4.21. The molecule has 0 aromatic rings. The lowest BCUT2D eigenvalue weighted by atomic mass is 9.84. The summed E-state index contributed by atoms with van der Waals surface area (Å²) >= 11 is 0. The summed E-state index contributed by atoms with van der Waals surface area (Å²) in [5, 5.41) is 3.50.